The zero-order chi connectivity index (χ0) is 8.27. The summed E-state index contributed by atoms with van der Waals surface area (Å²) in [6, 6.07) is -0.0591. The van der Waals surface area contributed by atoms with E-state index >= 15 is 0 Å². The van der Waals surface area contributed by atoms with Gasteiger partial charge >= 0.3 is 5.97 Å². The van der Waals surface area contributed by atoms with Gasteiger partial charge in [0.25, 0.3) is 0 Å². The topological polar surface area (TPSA) is 38.3 Å². The molecule has 0 bridgehead atoms. The average Bonchev–Trinajstić information content (AvgIpc) is 2.05. The molecule has 0 radical (unpaired) electrons. The third kappa shape index (κ3) is 2.99. The van der Waals surface area contributed by atoms with E-state index in [2.05, 4.69) is 17.0 Å². The number of piperidine rings is 1. The van der Waals surface area contributed by atoms with Crippen LogP contribution in [0.4, 0.5) is 0 Å². The molecule has 0 unspecified atom stereocenters. The molecule has 1 aliphatic rings. The van der Waals surface area contributed by atoms with E-state index in [9.17, 15) is 4.79 Å². The molecule has 1 aliphatic heterocycles. The van der Waals surface area contributed by atoms with Gasteiger partial charge < -0.3 is 10.1 Å². The summed E-state index contributed by atoms with van der Waals surface area (Å²) in [5, 5.41) is 3.14. The molecule has 1 saturated heterocycles. The summed E-state index contributed by atoms with van der Waals surface area (Å²) < 4.78 is 4.62. The number of hydrogen-bond donors (Lipinski definition) is 1. The molecule has 0 aromatic heterocycles. The largest absolute Gasteiger partial charge is 0.468 e. The Balaban J connectivity index is 0.00000121. The number of nitrogens with one attached hydrogen (secondary N) is 1. The molecule has 3 nitrogen and oxygen atoms in total. The van der Waals surface area contributed by atoms with Crippen LogP contribution in [0.2, 0.25) is 0 Å². The van der Waals surface area contributed by atoms with E-state index < -0.39 is 0 Å². The summed E-state index contributed by atoms with van der Waals surface area (Å²) in [7, 11) is 1.43. The number of hydrogen-bond acceptors (Lipinski definition) is 3. The Morgan fingerprint density at radius 3 is 2.58 bits per heavy atom. The number of methoxy groups -OCH3 is 1. The van der Waals surface area contributed by atoms with Gasteiger partial charge in [0, 0.05) is 0 Å². The van der Waals surface area contributed by atoms with Crippen molar-refractivity contribution in [1.82, 2.24) is 5.32 Å². The van der Waals surface area contributed by atoms with E-state index in [1.54, 1.807) is 0 Å². The lowest BCUT2D eigenvalue weighted by Gasteiger charge is -2.25. The van der Waals surface area contributed by atoms with Crippen LogP contribution in [0.5, 0.6) is 0 Å². The van der Waals surface area contributed by atoms with E-state index in [-0.39, 0.29) is 24.4 Å². The van der Waals surface area contributed by atoms with Gasteiger partial charge in [0.2, 0.25) is 0 Å². The normalized spacial score (nSPS) is 28.8. The lowest BCUT2D eigenvalue weighted by atomic mass is 9.97. The third-order valence-corrected chi connectivity index (χ3v) is 2.15. The molecule has 1 rings (SSSR count). The smallest absolute Gasteiger partial charge is 0.322 e. The van der Waals surface area contributed by atoms with Crippen LogP contribution in [-0.2, 0) is 9.53 Å². The number of esters is 1. The second-order valence-electron chi connectivity index (χ2n) is 3.17. The van der Waals surface area contributed by atoms with Crippen molar-refractivity contribution in [1.29, 1.82) is 0 Å². The Morgan fingerprint density at radius 1 is 1.50 bits per heavy atom. The zero-order valence-corrected chi connectivity index (χ0v) is 8.32. The molecular weight excluding hydrogens is 178 g/mol. The third-order valence-electron chi connectivity index (χ3n) is 2.15. The first-order chi connectivity index (χ1) is 5.24. The van der Waals surface area contributed by atoms with Crippen molar-refractivity contribution in [3.63, 3.8) is 0 Å². The fourth-order valence-corrected chi connectivity index (χ4v) is 1.34. The number of halogens is 1. The van der Waals surface area contributed by atoms with Gasteiger partial charge in [-0.15, -0.1) is 12.4 Å². The fraction of sp³-hybridized carbons (Fsp3) is 0.875. The SMILES string of the molecule is COC(=O)[C@@H]1CC[C@@H](C)CN1.Cl. The molecule has 1 heterocycles. The Bertz CT molecular complexity index is 144. The molecule has 12 heavy (non-hydrogen) atoms. The molecule has 1 N–H and O–H groups in total. The van der Waals surface area contributed by atoms with Gasteiger partial charge in [-0.1, -0.05) is 6.92 Å². The van der Waals surface area contributed by atoms with Gasteiger partial charge in [0.1, 0.15) is 6.04 Å². The van der Waals surface area contributed by atoms with Crippen LogP contribution in [0, 0.1) is 5.92 Å². The molecule has 0 amide bonds. The van der Waals surface area contributed by atoms with Crippen molar-refractivity contribution in [3.05, 3.63) is 0 Å². The fourth-order valence-electron chi connectivity index (χ4n) is 1.34. The minimum absolute atomic E-state index is 0. The second kappa shape index (κ2) is 5.38. The van der Waals surface area contributed by atoms with E-state index in [1.807, 2.05) is 0 Å². The lowest BCUT2D eigenvalue weighted by molar-refractivity contribution is -0.143. The number of rotatable bonds is 1. The quantitative estimate of drug-likeness (QED) is 0.631. The van der Waals surface area contributed by atoms with Gasteiger partial charge in [-0.05, 0) is 25.3 Å². The summed E-state index contributed by atoms with van der Waals surface area (Å²) in [6.45, 7) is 3.11. The molecule has 0 spiro atoms. The van der Waals surface area contributed by atoms with Crippen molar-refractivity contribution in [2.45, 2.75) is 25.8 Å². The number of carbonyl (C=O) groups excluding carboxylic acids is 1. The maximum absolute atomic E-state index is 11.0. The summed E-state index contributed by atoms with van der Waals surface area (Å²) in [5.74, 6) is 0.563. The standard InChI is InChI=1S/C8H15NO2.ClH/c1-6-3-4-7(9-5-6)8(10)11-2;/h6-7,9H,3-5H2,1-2H3;1H/t6-,7+;/m1./s1. The molecule has 72 valence electrons. The summed E-state index contributed by atoms with van der Waals surface area (Å²) in [6.07, 6.45) is 2.03. The second-order valence-corrected chi connectivity index (χ2v) is 3.17. The lowest BCUT2D eigenvalue weighted by Crippen LogP contribution is -2.43. The van der Waals surface area contributed by atoms with Crippen LogP contribution in [0.25, 0.3) is 0 Å². The Kier molecular flexibility index (Phi) is 5.25. The Labute approximate surface area is 79.3 Å². The van der Waals surface area contributed by atoms with Crippen LogP contribution in [0.1, 0.15) is 19.8 Å². The van der Waals surface area contributed by atoms with E-state index in [0.717, 1.165) is 19.4 Å². The molecule has 0 aromatic rings. The highest BCUT2D eigenvalue weighted by atomic mass is 35.5. The van der Waals surface area contributed by atoms with Crippen LogP contribution >= 0.6 is 12.4 Å². The van der Waals surface area contributed by atoms with Gasteiger partial charge in [-0.3, -0.25) is 4.79 Å². The van der Waals surface area contributed by atoms with Crippen molar-refractivity contribution in [2.75, 3.05) is 13.7 Å². The first kappa shape index (κ1) is 11.7. The predicted octanol–water partition coefficient (Wildman–Crippen LogP) is 0.969. The molecule has 4 heteroatoms. The first-order valence-corrected chi connectivity index (χ1v) is 4.05. The van der Waals surface area contributed by atoms with Crippen molar-refractivity contribution < 1.29 is 9.53 Å². The minimum atomic E-state index is -0.128. The maximum atomic E-state index is 11.0. The predicted molar refractivity (Wildman–Crippen MR) is 49.5 cm³/mol. The average molecular weight is 194 g/mol. The monoisotopic (exact) mass is 193 g/mol. The number of carbonyl (C=O) groups is 1. The molecule has 0 aliphatic carbocycles. The highest BCUT2D eigenvalue weighted by Crippen LogP contribution is 2.13. The molecule has 2 atom stereocenters. The number of ether oxygens (including phenoxy) is 1. The van der Waals surface area contributed by atoms with Crippen molar-refractivity contribution in [2.24, 2.45) is 5.92 Å². The molecule has 0 aromatic carbocycles. The maximum Gasteiger partial charge on any atom is 0.322 e. The minimum Gasteiger partial charge on any atom is -0.468 e. The van der Waals surface area contributed by atoms with Gasteiger partial charge in [-0.25, -0.2) is 0 Å². The van der Waals surface area contributed by atoms with Crippen molar-refractivity contribution in [3.8, 4) is 0 Å². The Morgan fingerprint density at radius 2 is 2.17 bits per heavy atom. The summed E-state index contributed by atoms with van der Waals surface area (Å²) in [4.78, 5) is 11.0. The van der Waals surface area contributed by atoms with Gasteiger partial charge in [0.15, 0.2) is 0 Å². The van der Waals surface area contributed by atoms with E-state index in [0.29, 0.717) is 5.92 Å². The van der Waals surface area contributed by atoms with Crippen LogP contribution in [0.3, 0.4) is 0 Å². The van der Waals surface area contributed by atoms with Crippen molar-refractivity contribution >= 4 is 18.4 Å². The van der Waals surface area contributed by atoms with Crippen LogP contribution in [-0.4, -0.2) is 25.7 Å². The van der Waals surface area contributed by atoms with E-state index in [1.165, 1.54) is 7.11 Å². The first-order valence-electron chi connectivity index (χ1n) is 4.05. The summed E-state index contributed by atoms with van der Waals surface area (Å²) >= 11 is 0. The van der Waals surface area contributed by atoms with Crippen LogP contribution in [0.15, 0.2) is 0 Å². The Hall–Kier alpha value is -0.280. The van der Waals surface area contributed by atoms with Gasteiger partial charge in [0.05, 0.1) is 7.11 Å². The summed E-state index contributed by atoms with van der Waals surface area (Å²) in [5.41, 5.74) is 0. The van der Waals surface area contributed by atoms with Crippen LogP contribution < -0.4 is 5.32 Å². The molecular formula is C8H16ClNO2. The molecule has 1 fully saturated rings. The highest BCUT2D eigenvalue weighted by Gasteiger charge is 2.23. The molecule has 0 saturated carbocycles. The zero-order valence-electron chi connectivity index (χ0n) is 7.50. The van der Waals surface area contributed by atoms with E-state index in [4.69, 9.17) is 0 Å². The highest BCUT2D eigenvalue weighted by molar-refractivity contribution is 5.85. The van der Waals surface area contributed by atoms with Gasteiger partial charge in [-0.2, -0.15) is 0 Å².